The molecule has 8 aromatic carbocycles. The van der Waals surface area contributed by atoms with Crippen LogP contribution in [-0.4, -0.2) is 74.1 Å². The first-order chi connectivity index (χ1) is 39.5. The van der Waals surface area contributed by atoms with Crippen molar-refractivity contribution in [3.05, 3.63) is 287 Å². The van der Waals surface area contributed by atoms with E-state index < -0.39 is 60.9 Å². The molecule has 11 heteroatoms. The van der Waals surface area contributed by atoms with E-state index in [1.807, 2.05) is 250 Å². The third kappa shape index (κ3) is 16.2. The van der Waals surface area contributed by atoms with E-state index in [1.54, 1.807) is 0 Å². The van der Waals surface area contributed by atoms with E-state index in [-0.39, 0.29) is 52.9 Å². The number of rotatable bonds is 28. The van der Waals surface area contributed by atoms with E-state index in [1.165, 1.54) is 0 Å². The van der Waals surface area contributed by atoms with Gasteiger partial charge in [0.2, 0.25) is 0 Å². The Labute approximate surface area is 471 Å². The van der Waals surface area contributed by atoms with Gasteiger partial charge in [-0.3, -0.25) is 0 Å². The molecule has 0 radical (unpaired) electrons. The lowest BCUT2D eigenvalue weighted by Crippen LogP contribution is -2.70. The molecule has 80 heavy (non-hydrogen) atoms. The maximum Gasteiger partial charge on any atom is 0.198 e. The van der Waals surface area contributed by atoms with Crippen molar-refractivity contribution in [2.24, 2.45) is 0 Å². The molecule has 414 valence electrons. The summed E-state index contributed by atoms with van der Waals surface area (Å²) in [5.41, 5.74) is 7.88. The fraction of sp³-hybridized carbons (Fsp3) is 0.304. The maximum absolute atomic E-state index is 7.62. The highest BCUT2D eigenvalue weighted by Crippen LogP contribution is 2.42. The summed E-state index contributed by atoms with van der Waals surface area (Å²) < 4.78 is 78.4. The average Bonchev–Trinajstić information content (AvgIpc) is 3.60. The van der Waals surface area contributed by atoms with Gasteiger partial charge in [0.05, 0.1) is 66.1 Å². The van der Waals surface area contributed by atoms with E-state index in [0.717, 1.165) is 44.5 Å². The van der Waals surface area contributed by atoms with Gasteiger partial charge in [-0.15, -0.1) is 0 Å². The molecule has 2 saturated heterocycles. The number of ether oxygens (including phenoxy) is 11. The summed E-state index contributed by atoms with van der Waals surface area (Å²) in [5, 5.41) is 0. The van der Waals surface area contributed by atoms with Crippen LogP contribution in [0.15, 0.2) is 243 Å². The molecule has 2 aliphatic heterocycles. The van der Waals surface area contributed by atoms with Crippen LogP contribution in [0.4, 0.5) is 0 Å². The lowest BCUT2D eigenvalue weighted by atomic mass is 9.91. The molecular formula is C69H72O11. The molecule has 0 aliphatic carbocycles. The van der Waals surface area contributed by atoms with Crippen molar-refractivity contribution in [1.29, 1.82) is 0 Å². The Morgan fingerprint density at radius 3 is 0.938 bits per heavy atom. The average molecular weight is 1080 g/mol. The van der Waals surface area contributed by atoms with E-state index in [9.17, 15) is 0 Å². The molecule has 0 bridgehead atoms. The van der Waals surface area contributed by atoms with Crippen LogP contribution >= 0.6 is 0 Å². The fourth-order valence-corrected chi connectivity index (χ4v) is 10.2. The van der Waals surface area contributed by atoms with E-state index in [4.69, 9.17) is 52.1 Å². The van der Waals surface area contributed by atoms with Crippen LogP contribution in [0, 0.1) is 0 Å². The van der Waals surface area contributed by atoms with E-state index in [0.29, 0.717) is 13.2 Å². The van der Waals surface area contributed by atoms with Gasteiger partial charge in [-0.25, -0.2) is 0 Å². The maximum atomic E-state index is 7.62. The zero-order valence-electron chi connectivity index (χ0n) is 45.4. The summed E-state index contributed by atoms with van der Waals surface area (Å²) >= 11 is 0. The van der Waals surface area contributed by atoms with Gasteiger partial charge in [-0.05, 0) is 51.4 Å². The Kier molecular flexibility index (Phi) is 21.0. The van der Waals surface area contributed by atoms with E-state index >= 15 is 0 Å². The Bertz CT molecular complexity index is 2950. The summed E-state index contributed by atoms with van der Waals surface area (Å²) in [4.78, 5) is 0. The van der Waals surface area contributed by atoms with Gasteiger partial charge in [0, 0.05) is 0 Å². The molecule has 8 aromatic rings. The number of benzene rings is 8. The van der Waals surface area contributed by atoms with Crippen molar-refractivity contribution in [1.82, 2.24) is 0 Å². The molecular weight excluding hydrogens is 1000 g/mol. The first-order valence-corrected chi connectivity index (χ1v) is 27.7. The summed E-state index contributed by atoms with van der Waals surface area (Å²) in [7, 11) is 0. The SMILES string of the molecule is C[C@]1(O[C@H]2O[C@H](COCc3ccccc3)[C@@H](OCc3ccccc3)[C@H](OCc3ccccc3)[C@@H]2OCc2ccccc2)O[C@H](COCc2ccccc2)[C@@H](OCc2ccccc2)[C@H](OCc2ccccc2)[C@@H]1OCc1ccccc1. The van der Waals surface area contributed by atoms with Crippen molar-refractivity contribution in [2.75, 3.05) is 13.2 Å². The predicted molar refractivity (Wildman–Crippen MR) is 305 cm³/mol. The molecule has 10 rings (SSSR count). The monoisotopic (exact) mass is 1080 g/mol. The third-order valence-electron chi connectivity index (χ3n) is 14.3. The largest absolute Gasteiger partial charge is 0.374 e. The number of hydrogen-bond acceptors (Lipinski definition) is 11. The second kappa shape index (κ2) is 29.7. The van der Waals surface area contributed by atoms with Gasteiger partial charge in [-0.2, -0.15) is 0 Å². The Morgan fingerprint density at radius 1 is 0.300 bits per heavy atom. The van der Waals surface area contributed by atoms with Gasteiger partial charge in [0.15, 0.2) is 12.1 Å². The molecule has 2 fully saturated rings. The second-order valence-electron chi connectivity index (χ2n) is 20.4. The quantitative estimate of drug-likeness (QED) is 0.0469. The highest BCUT2D eigenvalue weighted by Gasteiger charge is 2.59. The van der Waals surface area contributed by atoms with Gasteiger partial charge in [0.25, 0.3) is 0 Å². The molecule has 11 nitrogen and oxygen atoms in total. The molecule has 2 heterocycles. The Hall–Kier alpha value is -6.68. The van der Waals surface area contributed by atoms with Crippen molar-refractivity contribution in [3.8, 4) is 0 Å². The van der Waals surface area contributed by atoms with Crippen LogP contribution in [-0.2, 0) is 105 Å². The topological polar surface area (TPSA) is 102 Å². The summed E-state index contributed by atoms with van der Waals surface area (Å²) in [6.45, 7) is 4.28. The molecule has 0 aromatic heterocycles. The summed E-state index contributed by atoms with van der Waals surface area (Å²) in [6.07, 6.45) is -7.53. The molecule has 0 unspecified atom stereocenters. The normalized spacial score (nSPS) is 23.8. The van der Waals surface area contributed by atoms with Crippen LogP contribution < -0.4 is 0 Å². The minimum absolute atomic E-state index is 0.123. The standard InChI is InChI=1S/C69H72O11/c1-69(67(77-49-59-40-24-9-25-41-59)65(75-47-57-36-20-7-21-37-57)63(73-45-55-32-16-5-17-33-55)61(79-69)51-71-43-53-28-12-3-13-29-53)80-68-66(76-48-58-38-22-8-23-39-58)64(74-46-56-34-18-6-19-35-56)62(72-44-54-30-14-4-15-31-54)60(78-68)50-70-42-52-26-10-2-11-27-52/h2-41,60-68H,42-51H2,1H3/t60-,61-,62-,63-,64+,65+,66+,67+,68-,69-/m1/s1. The summed E-state index contributed by atoms with van der Waals surface area (Å²) in [5.74, 6) is -1.64. The van der Waals surface area contributed by atoms with E-state index in [2.05, 4.69) is 0 Å². The third-order valence-corrected chi connectivity index (χ3v) is 14.3. The van der Waals surface area contributed by atoms with Crippen molar-refractivity contribution >= 4 is 0 Å². The molecule has 0 N–H and O–H groups in total. The van der Waals surface area contributed by atoms with Gasteiger partial charge in [-0.1, -0.05) is 243 Å². The Balaban J connectivity index is 1.06. The van der Waals surface area contributed by atoms with Gasteiger partial charge < -0.3 is 52.1 Å². The lowest BCUT2D eigenvalue weighted by molar-refractivity contribution is -0.431. The first kappa shape index (κ1) is 56.6. The highest BCUT2D eigenvalue weighted by atomic mass is 16.8. The summed E-state index contributed by atoms with van der Waals surface area (Å²) in [6, 6.07) is 80.7. The minimum atomic E-state index is -1.64. The van der Waals surface area contributed by atoms with Crippen molar-refractivity contribution in [2.45, 2.75) is 121 Å². The van der Waals surface area contributed by atoms with Crippen LogP contribution in [0.1, 0.15) is 51.4 Å². The molecule has 0 saturated carbocycles. The van der Waals surface area contributed by atoms with Crippen LogP contribution in [0.3, 0.4) is 0 Å². The number of hydrogen-bond donors (Lipinski definition) is 0. The molecule has 2 aliphatic rings. The first-order valence-electron chi connectivity index (χ1n) is 27.7. The molecule has 10 atom stereocenters. The highest BCUT2D eigenvalue weighted by molar-refractivity contribution is 5.20. The van der Waals surface area contributed by atoms with Gasteiger partial charge >= 0.3 is 0 Å². The smallest absolute Gasteiger partial charge is 0.198 e. The zero-order chi connectivity index (χ0) is 54.4. The van der Waals surface area contributed by atoms with Crippen LogP contribution in [0.2, 0.25) is 0 Å². The predicted octanol–water partition coefficient (Wildman–Crippen LogP) is 12.8. The molecule has 0 amide bonds. The lowest BCUT2D eigenvalue weighted by Gasteiger charge is -2.53. The Morgan fingerprint density at radius 2 is 0.575 bits per heavy atom. The van der Waals surface area contributed by atoms with Gasteiger partial charge in [0.1, 0.15) is 48.8 Å². The fourth-order valence-electron chi connectivity index (χ4n) is 10.2. The zero-order valence-corrected chi connectivity index (χ0v) is 45.4. The van der Waals surface area contributed by atoms with Crippen molar-refractivity contribution in [3.63, 3.8) is 0 Å². The van der Waals surface area contributed by atoms with Crippen LogP contribution in [0.5, 0.6) is 0 Å². The van der Waals surface area contributed by atoms with Crippen molar-refractivity contribution < 1.29 is 52.1 Å². The second-order valence-corrected chi connectivity index (χ2v) is 20.4. The van der Waals surface area contributed by atoms with Crippen LogP contribution in [0.25, 0.3) is 0 Å². The minimum Gasteiger partial charge on any atom is -0.374 e. The molecule has 0 spiro atoms.